The van der Waals surface area contributed by atoms with Gasteiger partial charge in [0.2, 0.25) is 0 Å². The second-order valence-electron chi connectivity index (χ2n) is 7.24. The first kappa shape index (κ1) is 20.2. The van der Waals surface area contributed by atoms with Crippen molar-refractivity contribution in [3.05, 3.63) is 84.1 Å². The molecule has 0 saturated carbocycles. The monoisotopic (exact) mass is 420 g/mol. The lowest BCUT2D eigenvalue weighted by atomic mass is 10.0. The van der Waals surface area contributed by atoms with Crippen LogP contribution in [-0.2, 0) is 13.6 Å². The molecule has 0 aliphatic carbocycles. The maximum Gasteiger partial charge on any atom is 0.257 e. The first-order valence-electron chi connectivity index (χ1n) is 9.57. The average molecular weight is 420 g/mol. The molecule has 0 unspecified atom stereocenters. The number of aryl methyl sites for hydroxylation is 1. The highest BCUT2D eigenvalue weighted by Crippen LogP contribution is 2.36. The molecule has 2 aromatic heterocycles. The van der Waals surface area contributed by atoms with Crippen LogP contribution in [0.25, 0.3) is 16.9 Å². The first-order valence-corrected chi connectivity index (χ1v) is 9.57. The second kappa shape index (κ2) is 7.98. The molecule has 158 valence electrons. The third-order valence-corrected chi connectivity index (χ3v) is 5.14. The number of halogens is 1. The van der Waals surface area contributed by atoms with E-state index in [9.17, 15) is 19.4 Å². The number of hydrogen-bond acceptors (Lipinski definition) is 4. The summed E-state index contributed by atoms with van der Waals surface area (Å²) in [6.07, 6.45) is 3.35. The number of carbonyl (C=O) groups excluding carboxylic acids is 1. The lowest BCUT2D eigenvalue weighted by molar-refractivity contribution is 0.0779. The van der Waals surface area contributed by atoms with Crippen molar-refractivity contribution in [3.63, 3.8) is 0 Å². The standard InChI is InChI=1S/C23H21FN4O3/c1-26-11-5-6-15(26)14-27(2)23(31)17-12-16(21(29)13-22(17)30)19-9-10-25-28(19)20-8-4-3-7-18(20)24/h3-13,29-30H,14H2,1-2H3. The summed E-state index contributed by atoms with van der Waals surface area (Å²) in [5.41, 5.74) is 1.76. The fourth-order valence-electron chi connectivity index (χ4n) is 3.46. The third-order valence-electron chi connectivity index (χ3n) is 5.14. The predicted molar refractivity (Wildman–Crippen MR) is 113 cm³/mol. The van der Waals surface area contributed by atoms with Crippen LogP contribution in [0.3, 0.4) is 0 Å². The smallest absolute Gasteiger partial charge is 0.257 e. The zero-order valence-electron chi connectivity index (χ0n) is 17.0. The number of para-hydroxylation sites is 1. The van der Waals surface area contributed by atoms with Crippen LogP contribution in [0.15, 0.2) is 67.0 Å². The van der Waals surface area contributed by atoms with Crippen molar-refractivity contribution < 1.29 is 19.4 Å². The van der Waals surface area contributed by atoms with E-state index in [-0.39, 0.29) is 28.3 Å². The van der Waals surface area contributed by atoms with Gasteiger partial charge in [0.05, 0.1) is 24.0 Å². The Labute approximate surface area is 178 Å². The Bertz CT molecular complexity index is 1260. The van der Waals surface area contributed by atoms with Gasteiger partial charge in [0.1, 0.15) is 23.0 Å². The highest BCUT2D eigenvalue weighted by atomic mass is 19.1. The number of phenolic OH excluding ortho intramolecular Hbond substituents is 2. The zero-order chi connectivity index (χ0) is 22.1. The van der Waals surface area contributed by atoms with Gasteiger partial charge in [-0.1, -0.05) is 12.1 Å². The molecule has 2 N–H and O–H groups in total. The molecule has 2 aromatic carbocycles. The minimum Gasteiger partial charge on any atom is -0.507 e. The molecule has 31 heavy (non-hydrogen) atoms. The molecule has 0 bridgehead atoms. The van der Waals surface area contributed by atoms with Crippen LogP contribution < -0.4 is 0 Å². The molecule has 0 saturated heterocycles. The molecule has 4 rings (SSSR count). The molecular formula is C23H21FN4O3. The average Bonchev–Trinajstić information content (AvgIpc) is 3.37. The Kier molecular flexibility index (Phi) is 5.21. The van der Waals surface area contributed by atoms with Gasteiger partial charge in [-0.25, -0.2) is 9.07 Å². The highest BCUT2D eigenvalue weighted by molar-refractivity contribution is 5.98. The van der Waals surface area contributed by atoms with E-state index in [1.165, 1.54) is 27.9 Å². The van der Waals surface area contributed by atoms with Gasteiger partial charge >= 0.3 is 0 Å². The van der Waals surface area contributed by atoms with Gasteiger partial charge in [0, 0.05) is 37.6 Å². The topological polar surface area (TPSA) is 83.5 Å². The number of carbonyl (C=O) groups is 1. The molecular weight excluding hydrogens is 399 g/mol. The lowest BCUT2D eigenvalue weighted by Gasteiger charge is -2.19. The van der Waals surface area contributed by atoms with Crippen LogP contribution in [0.2, 0.25) is 0 Å². The SMILES string of the molecule is CN(Cc1cccn1C)C(=O)c1cc(-c2ccnn2-c2ccccc2F)c(O)cc1O. The number of hydrogen-bond donors (Lipinski definition) is 2. The fraction of sp³-hybridized carbons (Fsp3) is 0.130. The van der Waals surface area contributed by atoms with Crippen LogP contribution >= 0.6 is 0 Å². The molecule has 8 heteroatoms. The minimum atomic E-state index is -0.482. The Balaban J connectivity index is 1.73. The van der Waals surface area contributed by atoms with Gasteiger partial charge in [0.25, 0.3) is 5.91 Å². The maximum absolute atomic E-state index is 14.3. The summed E-state index contributed by atoms with van der Waals surface area (Å²) in [4.78, 5) is 14.5. The summed E-state index contributed by atoms with van der Waals surface area (Å²) >= 11 is 0. The van der Waals surface area contributed by atoms with Gasteiger partial charge < -0.3 is 19.7 Å². The van der Waals surface area contributed by atoms with E-state index in [0.29, 0.717) is 12.2 Å². The molecule has 0 aliphatic rings. The van der Waals surface area contributed by atoms with Crippen LogP contribution in [0.1, 0.15) is 16.1 Å². The van der Waals surface area contributed by atoms with Crippen LogP contribution in [-0.4, -0.2) is 42.4 Å². The molecule has 0 atom stereocenters. The Hall–Kier alpha value is -4.07. The summed E-state index contributed by atoms with van der Waals surface area (Å²) in [6.45, 7) is 0.338. The number of benzene rings is 2. The summed E-state index contributed by atoms with van der Waals surface area (Å²) in [5.74, 6) is -1.50. The molecule has 4 aromatic rings. The molecule has 0 spiro atoms. The van der Waals surface area contributed by atoms with Crippen molar-refractivity contribution in [3.8, 4) is 28.4 Å². The van der Waals surface area contributed by atoms with Crippen molar-refractivity contribution in [1.29, 1.82) is 0 Å². The predicted octanol–water partition coefficient (Wildman–Crippen LogP) is 3.70. The summed E-state index contributed by atoms with van der Waals surface area (Å²) in [6, 6.07) is 14.0. The molecule has 0 fully saturated rings. The van der Waals surface area contributed by atoms with Crippen molar-refractivity contribution in [2.24, 2.45) is 7.05 Å². The van der Waals surface area contributed by atoms with E-state index < -0.39 is 11.7 Å². The number of rotatable bonds is 5. The summed E-state index contributed by atoms with van der Waals surface area (Å²) < 4.78 is 17.6. The van der Waals surface area contributed by atoms with Gasteiger partial charge in [0.15, 0.2) is 0 Å². The van der Waals surface area contributed by atoms with Crippen molar-refractivity contribution in [1.82, 2.24) is 19.2 Å². The number of aromatic nitrogens is 3. The maximum atomic E-state index is 14.3. The lowest BCUT2D eigenvalue weighted by Crippen LogP contribution is -2.27. The van der Waals surface area contributed by atoms with Gasteiger partial charge in [-0.2, -0.15) is 5.10 Å². The number of nitrogens with zero attached hydrogens (tertiary/aromatic N) is 4. The van der Waals surface area contributed by atoms with E-state index in [2.05, 4.69) is 5.10 Å². The van der Waals surface area contributed by atoms with Crippen LogP contribution in [0.4, 0.5) is 4.39 Å². The zero-order valence-corrected chi connectivity index (χ0v) is 17.0. The van der Waals surface area contributed by atoms with Gasteiger partial charge in [-0.3, -0.25) is 4.79 Å². The number of aromatic hydroxyl groups is 2. The first-order chi connectivity index (χ1) is 14.9. The van der Waals surface area contributed by atoms with Crippen molar-refractivity contribution in [2.75, 3.05) is 7.05 Å². The Morgan fingerprint density at radius 2 is 1.87 bits per heavy atom. The number of phenols is 2. The molecule has 7 nitrogen and oxygen atoms in total. The molecule has 1 amide bonds. The van der Waals surface area contributed by atoms with E-state index in [1.54, 1.807) is 31.3 Å². The van der Waals surface area contributed by atoms with Gasteiger partial charge in [-0.05, 0) is 36.4 Å². The van der Waals surface area contributed by atoms with E-state index in [4.69, 9.17) is 0 Å². The third kappa shape index (κ3) is 3.75. The molecule has 0 radical (unpaired) electrons. The van der Waals surface area contributed by atoms with E-state index >= 15 is 0 Å². The molecule has 2 heterocycles. The second-order valence-corrected chi connectivity index (χ2v) is 7.24. The number of amides is 1. The quantitative estimate of drug-likeness (QED) is 0.516. The normalized spacial score (nSPS) is 10.9. The van der Waals surface area contributed by atoms with Crippen molar-refractivity contribution in [2.45, 2.75) is 6.54 Å². The van der Waals surface area contributed by atoms with Gasteiger partial charge in [-0.15, -0.1) is 0 Å². The van der Waals surface area contributed by atoms with E-state index in [1.807, 2.05) is 29.9 Å². The Morgan fingerprint density at radius 3 is 2.58 bits per heavy atom. The van der Waals surface area contributed by atoms with Crippen LogP contribution in [0.5, 0.6) is 11.5 Å². The van der Waals surface area contributed by atoms with E-state index in [0.717, 1.165) is 11.8 Å². The summed E-state index contributed by atoms with van der Waals surface area (Å²) in [7, 11) is 3.51. The fourth-order valence-corrected chi connectivity index (χ4v) is 3.46. The molecule has 0 aliphatic heterocycles. The minimum absolute atomic E-state index is 0.0193. The largest absolute Gasteiger partial charge is 0.507 e. The van der Waals surface area contributed by atoms with Crippen molar-refractivity contribution >= 4 is 5.91 Å². The van der Waals surface area contributed by atoms with Crippen LogP contribution in [0, 0.1) is 5.82 Å². The Morgan fingerprint density at radius 1 is 1.10 bits per heavy atom. The highest BCUT2D eigenvalue weighted by Gasteiger charge is 2.22. The summed E-state index contributed by atoms with van der Waals surface area (Å²) in [5, 5.41) is 25.0.